The third kappa shape index (κ3) is 2.55. The summed E-state index contributed by atoms with van der Waals surface area (Å²) in [7, 11) is 0. The molecule has 0 saturated heterocycles. The van der Waals surface area contributed by atoms with Gasteiger partial charge < -0.3 is 10.8 Å². The van der Waals surface area contributed by atoms with Crippen LogP contribution >= 0.6 is 0 Å². The van der Waals surface area contributed by atoms with Gasteiger partial charge in [-0.15, -0.1) is 0 Å². The molecule has 3 nitrogen and oxygen atoms in total. The Labute approximate surface area is 77.4 Å². The fraction of sp³-hybridized carbons (Fsp3) is 0.300. The van der Waals surface area contributed by atoms with E-state index in [9.17, 15) is 0 Å². The van der Waals surface area contributed by atoms with Gasteiger partial charge in [0, 0.05) is 12.6 Å². The Morgan fingerprint density at radius 3 is 2.92 bits per heavy atom. The van der Waals surface area contributed by atoms with E-state index in [-0.39, 0.29) is 12.6 Å². The molecule has 13 heavy (non-hydrogen) atoms. The highest BCUT2D eigenvalue weighted by Gasteiger charge is 2.04. The zero-order valence-electron chi connectivity index (χ0n) is 7.27. The Balaban J connectivity index is 2.83. The van der Waals surface area contributed by atoms with Crippen molar-refractivity contribution in [2.24, 2.45) is 5.73 Å². The highest BCUT2D eigenvalue weighted by molar-refractivity contribution is 5.34. The molecule has 1 rings (SSSR count). The Morgan fingerprint density at radius 1 is 1.54 bits per heavy atom. The van der Waals surface area contributed by atoms with Gasteiger partial charge >= 0.3 is 0 Å². The normalized spacial score (nSPS) is 12.1. The molecule has 1 aromatic rings. The number of benzene rings is 1. The predicted octanol–water partition coefficient (Wildman–Crippen LogP) is 0.940. The van der Waals surface area contributed by atoms with Gasteiger partial charge in [-0.3, -0.25) is 0 Å². The fourth-order valence-electron chi connectivity index (χ4n) is 1.14. The molecule has 0 aliphatic heterocycles. The molecular formula is C10H12N2O. The molecule has 1 aromatic carbocycles. The lowest BCUT2D eigenvalue weighted by molar-refractivity contribution is 0.276. The Bertz CT molecular complexity index is 317. The molecule has 1 atom stereocenters. The number of nitrogens with two attached hydrogens (primary N) is 1. The van der Waals surface area contributed by atoms with E-state index in [0.717, 1.165) is 5.56 Å². The molecule has 3 N–H and O–H groups in total. The number of hydrogen-bond acceptors (Lipinski definition) is 3. The number of aliphatic hydroxyl groups is 1. The molecule has 0 aliphatic carbocycles. The number of rotatable bonds is 3. The van der Waals surface area contributed by atoms with Crippen molar-refractivity contribution < 1.29 is 5.11 Å². The molecule has 0 fully saturated rings. The quantitative estimate of drug-likeness (QED) is 0.720. The van der Waals surface area contributed by atoms with E-state index in [1.807, 2.05) is 12.1 Å². The Hall–Kier alpha value is -1.37. The summed E-state index contributed by atoms with van der Waals surface area (Å²) in [5, 5.41) is 17.3. The number of nitrogens with zero attached hydrogens (tertiary/aromatic N) is 1. The summed E-state index contributed by atoms with van der Waals surface area (Å²) < 4.78 is 0. The minimum absolute atomic E-state index is 0.0674. The van der Waals surface area contributed by atoms with Gasteiger partial charge in [-0.05, 0) is 24.1 Å². The van der Waals surface area contributed by atoms with Crippen LogP contribution in [0.15, 0.2) is 24.3 Å². The minimum Gasteiger partial charge on any atom is -0.396 e. The van der Waals surface area contributed by atoms with Gasteiger partial charge in [0.15, 0.2) is 0 Å². The Kier molecular flexibility index (Phi) is 3.44. The summed E-state index contributed by atoms with van der Waals surface area (Å²) >= 11 is 0. The van der Waals surface area contributed by atoms with Crippen LogP contribution in [0.3, 0.4) is 0 Å². The van der Waals surface area contributed by atoms with E-state index in [2.05, 4.69) is 0 Å². The average Bonchev–Trinajstić information content (AvgIpc) is 2.18. The molecular weight excluding hydrogens is 164 g/mol. The molecule has 68 valence electrons. The van der Waals surface area contributed by atoms with E-state index in [0.29, 0.717) is 12.0 Å². The van der Waals surface area contributed by atoms with E-state index in [1.54, 1.807) is 18.2 Å². The summed E-state index contributed by atoms with van der Waals surface area (Å²) in [4.78, 5) is 0. The van der Waals surface area contributed by atoms with Gasteiger partial charge in [-0.25, -0.2) is 0 Å². The smallest absolute Gasteiger partial charge is 0.0991 e. The Morgan fingerprint density at radius 2 is 2.31 bits per heavy atom. The summed E-state index contributed by atoms with van der Waals surface area (Å²) in [6.07, 6.45) is 0.523. The molecule has 0 saturated carbocycles. The highest BCUT2D eigenvalue weighted by atomic mass is 16.3. The van der Waals surface area contributed by atoms with Gasteiger partial charge in [0.1, 0.15) is 0 Å². The minimum atomic E-state index is -0.182. The average molecular weight is 176 g/mol. The second kappa shape index (κ2) is 4.61. The van der Waals surface area contributed by atoms with E-state index in [1.165, 1.54) is 0 Å². The number of nitriles is 1. The van der Waals surface area contributed by atoms with Crippen LogP contribution in [0.2, 0.25) is 0 Å². The lowest BCUT2D eigenvalue weighted by Gasteiger charge is -2.09. The second-order valence-corrected chi connectivity index (χ2v) is 2.86. The van der Waals surface area contributed by atoms with Crippen molar-refractivity contribution in [3.05, 3.63) is 35.4 Å². The van der Waals surface area contributed by atoms with Crippen molar-refractivity contribution in [3.63, 3.8) is 0 Å². The molecule has 0 spiro atoms. The van der Waals surface area contributed by atoms with Gasteiger partial charge in [0.25, 0.3) is 0 Å². The van der Waals surface area contributed by atoms with Crippen molar-refractivity contribution >= 4 is 0 Å². The zero-order chi connectivity index (χ0) is 9.68. The van der Waals surface area contributed by atoms with Crippen LogP contribution in [0.5, 0.6) is 0 Å². The van der Waals surface area contributed by atoms with Crippen LogP contribution in [-0.2, 0) is 0 Å². The van der Waals surface area contributed by atoms with Crippen LogP contribution in [0.4, 0.5) is 0 Å². The number of aliphatic hydroxyl groups excluding tert-OH is 1. The lowest BCUT2D eigenvalue weighted by Crippen LogP contribution is -2.11. The third-order valence-corrected chi connectivity index (χ3v) is 1.88. The van der Waals surface area contributed by atoms with Crippen molar-refractivity contribution in [1.82, 2.24) is 0 Å². The van der Waals surface area contributed by atoms with Crippen LogP contribution in [0.1, 0.15) is 23.6 Å². The topological polar surface area (TPSA) is 70.0 Å². The van der Waals surface area contributed by atoms with Crippen LogP contribution in [0.25, 0.3) is 0 Å². The van der Waals surface area contributed by atoms with Gasteiger partial charge in [-0.1, -0.05) is 12.1 Å². The maximum absolute atomic E-state index is 8.68. The van der Waals surface area contributed by atoms with Crippen molar-refractivity contribution in [2.45, 2.75) is 12.5 Å². The molecule has 1 unspecified atom stereocenters. The monoisotopic (exact) mass is 176 g/mol. The molecule has 0 aliphatic rings. The van der Waals surface area contributed by atoms with Gasteiger partial charge in [0.05, 0.1) is 11.6 Å². The fourth-order valence-corrected chi connectivity index (χ4v) is 1.14. The highest BCUT2D eigenvalue weighted by Crippen LogP contribution is 2.14. The molecule has 0 aromatic heterocycles. The number of hydrogen-bond donors (Lipinski definition) is 2. The summed E-state index contributed by atoms with van der Waals surface area (Å²) in [6.45, 7) is 0.0674. The van der Waals surface area contributed by atoms with Gasteiger partial charge in [0.2, 0.25) is 0 Å². The molecule has 0 radical (unpaired) electrons. The van der Waals surface area contributed by atoms with Crippen molar-refractivity contribution in [2.75, 3.05) is 6.61 Å². The molecule has 3 heteroatoms. The maximum atomic E-state index is 8.68. The second-order valence-electron chi connectivity index (χ2n) is 2.86. The SMILES string of the molecule is N#Cc1cccc(C(N)CCO)c1. The van der Waals surface area contributed by atoms with Crippen LogP contribution < -0.4 is 5.73 Å². The molecule has 0 bridgehead atoms. The zero-order valence-corrected chi connectivity index (χ0v) is 7.27. The first-order chi connectivity index (χ1) is 6.27. The third-order valence-electron chi connectivity index (χ3n) is 1.88. The van der Waals surface area contributed by atoms with Gasteiger partial charge in [-0.2, -0.15) is 5.26 Å². The van der Waals surface area contributed by atoms with E-state index < -0.39 is 0 Å². The molecule has 0 amide bonds. The van der Waals surface area contributed by atoms with Crippen molar-refractivity contribution in [3.8, 4) is 6.07 Å². The van der Waals surface area contributed by atoms with Crippen LogP contribution in [-0.4, -0.2) is 11.7 Å². The summed E-state index contributed by atoms with van der Waals surface area (Å²) in [5.74, 6) is 0. The lowest BCUT2D eigenvalue weighted by atomic mass is 10.0. The molecule has 0 heterocycles. The maximum Gasteiger partial charge on any atom is 0.0991 e. The standard InChI is InChI=1S/C10H12N2O/c11-7-8-2-1-3-9(6-8)10(12)4-5-13/h1-3,6,10,13H,4-5,12H2. The van der Waals surface area contributed by atoms with E-state index >= 15 is 0 Å². The van der Waals surface area contributed by atoms with Crippen molar-refractivity contribution in [1.29, 1.82) is 5.26 Å². The predicted molar refractivity (Wildman–Crippen MR) is 49.8 cm³/mol. The summed E-state index contributed by atoms with van der Waals surface area (Å²) in [5.41, 5.74) is 7.26. The van der Waals surface area contributed by atoms with Crippen LogP contribution in [0, 0.1) is 11.3 Å². The van der Waals surface area contributed by atoms with E-state index in [4.69, 9.17) is 16.1 Å². The summed E-state index contributed by atoms with van der Waals surface area (Å²) in [6, 6.07) is 9.00. The first-order valence-corrected chi connectivity index (χ1v) is 4.14. The first kappa shape index (κ1) is 9.72. The first-order valence-electron chi connectivity index (χ1n) is 4.14. The largest absolute Gasteiger partial charge is 0.396 e.